The van der Waals surface area contributed by atoms with Crippen LogP contribution in [0.3, 0.4) is 0 Å². The lowest BCUT2D eigenvalue weighted by Crippen LogP contribution is -2.46. The lowest BCUT2D eigenvalue weighted by atomic mass is 9.91. The smallest absolute Gasteiger partial charge is 0.227 e. The largest absolute Gasteiger partial charge is 0.384 e. The predicted molar refractivity (Wildman–Crippen MR) is 60.6 cm³/mol. The Hall–Kier alpha value is -0.570. The van der Waals surface area contributed by atoms with Gasteiger partial charge in [0, 0.05) is 25.6 Å². The molecule has 15 heavy (non-hydrogen) atoms. The lowest BCUT2D eigenvalue weighted by molar-refractivity contribution is -0.141. The maximum absolute atomic E-state index is 12.1. The number of carbonyl (C=O) groups is 1. The normalized spacial score (nSPS) is 22.9. The molecule has 1 heterocycles. The molecule has 0 spiro atoms. The van der Waals surface area contributed by atoms with Gasteiger partial charge in [0.1, 0.15) is 0 Å². The standard InChI is InChI=1S/C12H23NO2/c1-12(2,3)11(14)13-7-5-6-10(8-13)9-15-4/h10H,5-9H2,1-4H3. The van der Waals surface area contributed by atoms with Crippen molar-refractivity contribution in [3.05, 3.63) is 0 Å². The van der Waals surface area contributed by atoms with E-state index in [1.54, 1.807) is 7.11 Å². The molecule has 1 saturated heterocycles. The Morgan fingerprint density at radius 1 is 1.47 bits per heavy atom. The number of likely N-dealkylation sites (tertiary alicyclic amines) is 1. The van der Waals surface area contributed by atoms with Crippen LogP contribution in [0.25, 0.3) is 0 Å². The van der Waals surface area contributed by atoms with E-state index in [0.29, 0.717) is 5.92 Å². The zero-order valence-electron chi connectivity index (χ0n) is 10.4. The first-order valence-electron chi connectivity index (χ1n) is 5.73. The first kappa shape index (κ1) is 12.5. The van der Waals surface area contributed by atoms with Crippen LogP contribution in [-0.4, -0.2) is 37.6 Å². The molecule has 1 rings (SSSR count). The molecule has 0 aromatic heterocycles. The number of carbonyl (C=O) groups excluding carboxylic acids is 1. The van der Waals surface area contributed by atoms with Crippen LogP contribution in [0.5, 0.6) is 0 Å². The van der Waals surface area contributed by atoms with Crippen molar-refractivity contribution in [3.8, 4) is 0 Å². The van der Waals surface area contributed by atoms with E-state index in [9.17, 15) is 4.79 Å². The molecule has 3 nitrogen and oxygen atoms in total. The summed E-state index contributed by atoms with van der Waals surface area (Å²) < 4.78 is 5.16. The van der Waals surface area contributed by atoms with Gasteiger partial charge in [-0.25, -0.2) is 0 Å². The van der Waals surface area contributed by atoms with Crippen LogP contribution in [0.4, 0.5) is 0 Å². The van der Waals surface area contributed by atoms with Crippen molar-refractivity contribution in [2.75, 3.05) is 26.8 Å². The van der Waals surface area contributed by atoms with E-state index in [-0.39, 0.29) is 11.3 Å². The number of nitrogens with zero attached hydrogens (tertiary/aromatic N) is 1. The van der Waals surface area contributed by atoms with Crippen molar-refractivity contribution in [3.63, 3.8) is 0 Å². The lowest BCUT2D eigenvalue weighted by Gasteiger charge is -2.36. The maximum atomic E-state index is 12.1. The summed E-state index contributed by atoms with van der Waals surface area (Å²) in [5.74, 6) is 0.790. The minimum Gasteiger partial charge on any atom is -0.384 e. The third-order valence-electron chi connectivity index (χ3n) is 2.85. The summed E-state index contributed by atoms with van der Waals surface area (Å²) >= 11 is 0. The van der Waals surface area contributed by atoms with E-state index < -0.39 is 0 Å². The zero-order chi connectivity index (χ0) is 11.5. The topological polar surface area (TPSA) is 29.5 Å². The summed E-state index contributed by atoms with van der Waals surface area (Å²) in [7, 11) is 1.73. The number of hydrogen-bond acceptors (Lipinski definition) is 2. The van der Waals surface area contributed by atoms with Gasteiger partial charge >= 0.3 is 0 Å². The molecule has 0 aliphatic carbocycles. The summed E-state index contributed by atoms with van der Waals surface area (Å²) in [6.45, 7) is 8.49. The molecule has 0 bridgehead atoms. The van der Waals surface area contributed by atoms with Gasteiger partial charge in [0.05, 0.1) is 6.61 Å². The van der Waals surface area contributed by atoms with Gasteiger partial charge in [0.2, 0.25) is 5.91 Å². The second-order valence-electron chi connectivity index (χ2n) is 5.46. The zero-order valence-corrected chi connectivity index (χ0v) is 10.4. The minimum atomic E-state index is -0.255. The molecular formula is C12H23NO2. The van der Waals surface area contributed by atoms with Crippen LogP contribution < -0.4 is 0 Å². The average molecular weight is 213 g/mol. The van der Waals surface area contributed by atoms with E-state index in [4.69, 9.17) is 4.74 Å². The number of piperidine rings is 1. The third-order valence-corrected chi connectivity index (χ3v) is 2.85. The van der Waals surface area contributed by atoms with Gasteiger partial charge in [-0.15, -0.1) is 0 Å². The molecular weight excluding hydrogens is 190 g/mol. The van der Waals surface area contributed by atoms with Crippen molar-refractivity contribution in [2.45, 2.75) is 33.6 Å². The van der Waals surface area contributed by atoms with E-state index in [1.807, 2.05) is 25.7 Å². The number of ether oxygens (including phenoxy) is 1. The maximum Gasteiger partial charge on any atom is 0.227 e. The van der Waals surface area contributed by atoms with Gasteiger partial charge in [0.25, 0.3) is 0 Å². The molecule has 0 saturated carbocycles. The second kappa shape index (κ2) is 4.97. The Morgan fingerprint density at radius 2 is 2.13 bits per heavy atom. The van der Waals surface area contributed by atoms with Gasteiger partial charge in [-0.05, 0) is 18.8 Å². The Labute approximate surface area is 92.8 Å². The predicted octanol–water partition coefficient (Wildman–Crippen LogP) is 1.92. The highest BCUT2D eigenvalue weighted by atomic mass is 16.5. The molecule has 1 fully saturated rings. The Kier molecular flexibility index (Phi) is 4.14. The van der Waals surface area contributed by atoms with Crippen LogP contribution in [-0.2, 0) is 9.53 Å². The van der Waals surface area contributed by atoms with Gasteiger partial charge in [-0.3, -0.25) is 4.79 Å². The summed E-state index contributed by atoms with van der Waals surface area (Å²) in [6, 6.07) is 0. The number of amides is 1. The summed E-state index contributed by atoms with van der Waals surface area (Å²) in [4.78, 5) is 14.0. The molecule has 1 unspecified atom stereocenters. The molecule has 88 valence electrons. The number of methoxy groups -OCH3 is 1. The average Bonchev–Trinajstić information content (AvgIpc) is 2.16. The first-order chi connectivity index (χ1) is 6.95. The van der Waals surface area contributed by atoms with Crippen molar-refractivity contribution in [1.29, 1.82) is 0 Å². The Morgan fingerprint density at radius 3 is 2.67 bits per heavy atom. The van der Waals surface area contributed by atoms with Crippen LogP contribution >= 0.6 is 0 Å². The minimum absolute atomic E-state index is 0.255. The Balaban J connectivity index is 2.52. The highest BCUT2D eigenvalue weighted by molar-refractivity contribution is 5.81. The molecule has 1 aliphatic heterocycles. The van der Waals surface area contributed by atoms with Crippen LogP contribution in [0.1, 0.15) is 33.6 Å². The van der Waals surface area contributed by atoms with E-state index in [1.165, 1.54) is 6.42 Å². The fourth-order valence-corrected chi connectivity index (χ4v) is 2.10. The fraction of sp³-hybridized carbons (Fsp3) is 0.917. The Bertz CT molecular complexity index is 218. The van der Waals surface area contributed by atoms with Crippen molar-refractivity contribution in [1.82, 2.24) is 4.90 Å². The quantitative estimate of drug-likeness (QED) is 0.701. The monoisotopic (exact) mass is 213 g/mol. The van der Waals surface area contributed by atoms with Crippen LogP contribution in [0.15, 0.2) is 0 Å². The highest BCUT2D eigenvalue weighted by Gasteiger charge is 2.30. The van der Waals surface area contributed by atoms with Gasteiger partial charge in [-0.2, -0.15) is 0 Å². The summed E-state index contributed by atoms with van der Waals surface area (Å²) in [6.07, 6.45) is 2.29. The highest BCUT2D eigenvalue weighted by Crippen LogP contribution is 2.23. The third kappa shape index (κ3) is 3.49. The molecule has 1 atom stereocenters. The summed E-state index contributed by atoms with van der Waals surface area (Å²) in [5, 5.41) is 0. The first-order valence-corrected chi connectivity index (χ1v) is 5.73. The molecule has 0 radical (unpaired) electrons. The van der Waals surface area contributed by atoms with Crippen molar-refractivity contribution < 1.29 is 9.53 Å². The number of hydrogen-bond donors (Lipinski definition) is 0. The molecule has 3 heteroatoms. The SMILES string of the molecule is COCC1CCCN(C(=O)C(C)(C)C)C1. The molecule has 0 aromatic rings. The van der Waals surface area contributed by atoms with E-state index in [0.717, 1.165) is 26.1 Å². The molecule has 1 amide bonds. The second-order valence-corrected chi connectivity index (χ2v) is 5.46. The van der Waals surface area contributed by atoms with Crippen LogP contribution in [0, 0.1) is 11.3 Å². The van der Waals surface area contributed by atoms with E-state index in [2.05, 4.69) is 0 Å². The van der Waals surface area contributed by atoms with Crippen molar-refractivity contribution >= 4 is 5.91 Å². The molecule has 0 N–H and O–H groups in total. The van der Waals surface area contributed by atoms with Crippen LogP contribution in [0.2, 0.25) is 0 Å². The molecule has 1 aliphatic rings. The fourth-order valence-electron chi connectivity index (χ4n) is 2.10. The van der Waals surface area contributed by atoms with Gasteiger partial charge in [-0.1, -0.05) is 20.8 Å². The van der Waals surface area contributed by atoms with Gasteiger partial charge < -0.3 is 9.64 Å². The van der Waals surface area contributed by atoms with Crippen molar-refractivity contribution in [2.24, 2.45) is 11.3 Å². The molecule has 0 aromatic carbocycles. The summed E-state index contributed by atoms with van der Waals surface area (Å²) in [5.41, 5.74) is -0.255. The van der Waals surface area contributed by atoms with Gasteiger partial charge in [0.15, 0.2) is 0 Å². The number of rotatable bonds is 2. The van der Waals surface area contributed by atoms with E-state index >= 15 is 0 Å².